The number of benzene rings is 1. The first kappa shape index (κ1) is 22.0. The van der Waals surface area contributed by atoms with Gasteiger partial charge in [0.2, 0.25) is 11.8 Å². The van der Waals surface area contributed by atoms with E-state index >= 15 is 0 Å². The van der Waals surface area contributed by atoms with E-state index in [1.165, 1.54) is 14.2 Å². The molecule has 2 N–H and O–H groups in total. The van der Waals surface area contributed by atoms with Gasteiger partial charge in [-0.15, -0.1) is 11.3 Å². The maximum atomic E-state index is 11.9. The first-order chi connectivity index (χ1) is 14.4. The highest BCUT2D eigenvalue weighted by molar-refractivity contribution is 7.62. The smallest absolute Gasteiger partial charge is 0.348 e. The quantitative estimate of drug-likeness (QED) is 0.479. The van der Waals surface area contributed by atoms with E-state index in [0.29, 0.717) is 27.9 Å². The number of anilines is 1. The predicted octanol–water partition coefficient (Wildman–Crippen LogP) is 4.84. The number of aryl methyl sites for hydroxylation is 2. The minimum atomic E-state index is -1.25. The zero-order chi connectivity index (χ0) is 21.8. The highest BCUT2D eigenvalue weighted by Crippen LogP contribution is 2.44. The van der Waals surface area contributed by atoms with Crippen LogP contribution in [0.2, 0.25) is 0 Å². The molecule has 0 aliphatic rings. The van der Waals surface area contributed by atoms with Gasteiger partial charge < -0.3 is 24.2 Å². The van der Waals surface area contributed by atoms with Crippen LogP contribution in [0, 0.1) is 13.8 Å². The summed E-state index contributed by atoms with van der Waals surface area (Å²) in [7, 11) is 3.40. The van der Waals surface area contributed by atoms with Crippen molar-refractivity contribution in [1.29, 1.82) is 0 Å². The van der Waals surface area contributed by atoms with Gasteiger partial charge in [0.15, 0.2) is 8.30 Å². The molecule has 0 bridgehead atoms. The second-order valence-corrected chi connectivity index (χ2v) is 9.16. The van der Waals surface area contributed by atoms with Crippen LogP contribution >= 0.6 is 19.6 Å². The summed E-state index contributed by atoms with van der Waals surface area (Å²) in [5.74, 6) is -0.231. The molecule has 0 saturated heterocycles. The van der Waals surface area contributed by atoms with E-state index in [-0.39, 0.29) is 4.88 Å². The Hall–Kier alpha value is -2.67. The molecule has 1 atom stereocenters. The van der Waals surface area contributed by atoms with Gasteiger partial charge in [-0.1, -0.05) is 17.7 Å². The number of nitrogens with zero attached hydrogens (tertiary/aromatic N) is 1. The summed E-state index contributed by atoms with van der Waals surface area (Å²) in [6.07, 6.45) is 0. The van der Waals surface area contributed by atoms with Gasteiger partial charge >= 0.3 is 5.97 Å². The van der Waals surface area contributed by atoms with Crippen molar-refractivity contribution in [3.05, 3.63) is 52.4 Å². The second kappa shape index (κ2) is 9.43. The number of rotatable bonds is 8. The Morgan fingerprint density at radius 1 is 1.10 bits per heavy atom. The number of aromatic carboxylic acids is 1. The van der Waals surface area contributed by atoms with Crippen molar-refractivity contribution in [3.8, 4) is 22.2 Å². The zero-order valence-electron chi connectivity index (χ0n) is 17.3. The van der Waals surface area contributed by atoms with Crippen molar-refractivity contribution in [2.24, 2.45) is 0 Å². The molecule has 2 aromatic heterocycles. The van der Waals surface area contributed by atoms with E-state index < -0.39 is 14.3 Å². The van der Waals surface area contributed by atoms with Crippen molar-refractivity contribution in [2.45, 2.75) is 13.8 Å². The van der Waals surface area contributed by atoms with Crippen LogP contribution in [0.4, 0.5) is 5.69 Å². The van der Waals surface area contributed by atoms with E-state index in [1.54, 1.807) is 25.3 Å². The number of hydrogen-bond donors (Lipinski definition) is 2. The Balaban J connectivity index is 2.01. The lowest BCUT2D eigenvalue weighted by Gasteiger charge is -2.19. The molecule has 0 fully saturated rings. The number of pyridine rings is 1. The molecule has 3 aromatic rings. The lowest BCUT2D eigenvalue weighted by Crippen LogP contribution is -2.13. The van der Waals surface area contributed by atoms with Crippen molar-refractivity contribution in [1.82, 2.24) is 4.98 Å². The van der Waals surface area contributed by atoms with Gasteiger partial charge in [0.05, 0.1) is 25.5 Å². The number of carbonyl (C=O) groups is 1. The number of methoxy groups -OCH3 is 2. The molecule has 0 aliphatic carbocycles. The van der Waals surface area contributed by atoms with Crippen LogP contribution in [-0.4, -0.2) is 37.4 Å². The van der Waals surface area contributed by atoms with Gasteiger partial charge in [0.1, 0.15) is 4.88 Å². The first-order valence-corrected chi connectivity index (χ1v) is 11.1. The van der Waals surface area contributed by atoms with Crippen LogP contribution in [0.1, 0.15) is 20.8 Å². The normalized spacial score (nSPS) is 11.8. The molecule has 0 saturated carbocycles. The summed E-state index contributed by atoms with van der Waals surface area (Å²) in [6.45, 7) is 4.05. The molecular formula is C21H23N2O5PS. The molecule has 0 amide bonds. The Bertz CT molecular complexity index is 1070. The van der Waals surface area contributed by atoms with Crippen LogP contribution in [0.15, 0.2) is 36.4 Å². The zero-order valence-corrected chi connectivity index (χ0v) is 19.1. The summed E-state index contributed by atoms with van der Waals surface area (Å²) < 4.78 is 16.2. The maximum absolute atomic E-state index is 11.9. The van der Waals surface area contributed by atoms with Crippen LogP contribution in [0.5, 0.6) is 11.8 Å². The molecule has 1 aromatic carbocycles. The number of thiophene rings is 1. The summed E-state index contributed by atoms with van der Waals surface area (Å²) >= 11 is 1.15. The minimum Gasteiger partial charge on any atom is -0.481 e. The summed E-state index contributed by atoms with van der Waals surface area (Å²) in [5.41, 5.74) is 3.43. The molecule has 158 valence electrons. The number of carboxylic acid groups (broad SMARTS) is 1. The molecule has 3 rings (SSSR count). The maximum Gasteiger partial charge on any atom is 0.348 e. The van der Waals surface area contributed by atoms with E-state index in [4.69, 9.17) is 14.0 Å². The topological polar surface area (TPSA) is 89.9 Å². The van der Waals surface area contributed by atoms with Crippen LogP contribution in [0.3, 0.4) is 0 Å². The monoisotopic (exact) mass is 446 g/mol. The molecule has 0 radical (unpaired) electrons. The third-order valence-electron chi connectivity index (χ3n) is 4.40. The fourth-order valence-corrected chi connectivity index (χ4v) is 5.44. The Kier molecular flexibility index (Phi) is 6.92. The SMILES string of the molecule is COc1ccc(-c2cc(NP(OC)c3ccc(C)cc3C)c(C(=O)O)s2)c(OC)n1. The van der Waals surface area contributed by atoms with Crippen molar-refractivity contribution in [3.63, 3.8) is 0 Å². The second-order valence-electron chi connectivity index (χ2n) is 6.45. The van der Waals surface area contributed by atoms with Crippen molar-refractivity contribution in [2.75, 3.05) is 26.4 Å². The van der Waals surface area contributed by atoms with Gasteiger partial charge in [-0.05, 0) is 37.6 Å². The standard InChI is InChI=1S/C21H23N2O5PS/c1-12-6-8-16(13(2)10-12)29(28-5)23-15-11-17(30-19(15)21(24)25)14-7-9-18(26-3)22-20(14)27-4/h6-11,23H,1-5H3,(H,24,25). The fraction of sp³-hybridized carbons (Fsp3) is 0.238. The minimum absolute atomic E-state index is 0.192. The largest absolute Gasteiger partial charge is 0.481 e. The molecule has 2 heterocycles. The number of carboxylic acids is 1. The van der Waals surface area contributed by atoms with E-state index in [9.17, 15) is 9.90 Å². The molecule has 1 unspecified atom stereocenters. The lowest BCUT2D eigenvalue weighted by atomic mass is 10.2. The van der Waals surface area contributed by atoms with Crippen LogP contribution < -0.4 is 19.9 Å². The molecule has 30 heavy (non-hydrogen) atoms. The van der Waals surface area contributed by atoms with Gasteiger partial charge in [-0.3, -0.25) is 0 Å². The Morgan fingerprint density at radius 3 is 2.47 bits per heavy atom. The van der Waals surface area contributed by atoms with Gasteiger partial charge in [0, 0.05) is 23.4 Å². The third kappa shape index (κ3) is 4.56. The average molecular weight is 446 g/mol. The van der Waals surface area contributed by atoms with Crippen molar-refractivity contribution >= 4 is 36.6 Å². The predicted molar refractivity (Wildman–Crippen MR) is 121 cm³/mol. The first-order valence-electron chi connectivity index (χ1n) is 9.02. The Morgan fingerprint density at radius 2 is 1.87 bits per heavy atom. The van der Waals surface area contributed by atoms with Gasteiger partial charge in [0.25, 0.3) is 0 Å². The van der Waals surface area contributed by atoms with Gasteiger partial charge in [-0.25, -0.2) is 4.79 Å². The van der Waals surface area contributed by atoms with Crippen LogP contribution in [-0.2, 0) is 4.52 Å². The average Bonchev–Trinajstić information content (AvgIpc) is 3.15. The molecular weight excluding hydrogens is 423 g/mol. The number of aromatic nitrogens is 1. The van der Waals surface area contributed by atoms with Crippen molar-refractivity contribution < 1.29 is 23.9 Å². The Labute approximate surface area is 180 Å². The molecule has 9 heteroatoms. The summed E-state index contributed by atoms with van der Waals surface area (Å²) in [6, 6.07) is 11.4. The van der Waals surface area contributed by atoms with Gasteiger partial charge in [-0.2, -0.15) is 4.98 Å². The highest BCUT2D eigenvalue weighted by Gasteiger charge is 2.23. The lowest BCUT2D eigenvalue weighted by molar-refractivity contribution is 0.0703. The van der Waals surface area contributed by atoms with E-state index in [2.05, 4.69) is 16.1 Å². The molecule has 0 spiro atoms. The number of nitrogens with one attached hydrogen (secondary N) is 1. The number of ether oxygens (including phenoxy) is 2. The molecule has 0 aliphatic heterocycles. The van der Waals surface area contributed by atoms with E-state index in [0.717, 1.165) is 27.8 Å². The highest BCUT2D eigenvalue weighted by atomic mass is 32.1. The fourth-order valence-electron chi connectivity index (χ4n) is 2.99. The van der Waals surface area contributed by atoms with E-state index in [1.807, 2.05) is 26.0 Å². The molecule has 7 nitrogen and oxygen atoms in total. The van der Waals surface area contributed by atoms with Crippen LogP contribution in [0.25, 0.3) is 10.4 Å². The number of hydrogen-bond acceptors (Lipinski definition) is 7. The summed E-state index contributed by atoms with van der Waals surface area (Å²) in [5, 5.41) is 14.0. The summed E-state index contributed by atoms with van der Waals surface area (Å²) in [4.78, 5) is 17.1. The third-order valence-corrected chi connectivity index (χ3v) is 7.31.